The van der Waals surface area contributed by atoms with Gasteiger partial charge in [-0.1, -0.05) is 12.6 Å². The van der Waals surface area contributed by atoms with Crippen molar-refractivity contribution in [2.75, 3.05) is 10.6 Å². The molecule has 1 aromatic heterocycles. The van der Waals surface area contributed by atoms with Crippen LogP contribution in [0.5, 0.6) is 0 Å². The number of hydrogen-bond donors (Lipinski definition) is 3. The van der Waals surface area contributed by atoms with Gasteiger partial charge in [0.1, 0.15) is 12.1 Å². The lowest BCUT2D eigenvalue weighted by Crippen LogP contribution is -2.15. The molecule has 0 aliphatic rings. The summed E-state index contributed by atoms with van der Waals surface area (Å²) in [6, 6.07) is 13.9. The number of nitriles is 1. The molecule has 3 aromatic rings. The number of carbonyl (C=O) groups is 1. The molecule has 1 amide bonds. The Morgan fingerprint density at radius 3 is 2.76 bits per heavy atom. The number of nitrogens with one attached hydrogen (secondary N) is 3. The number of allylic oxidation sites excluding steroid dienone is 1. The quantitative estimate of drug-likeness (QED) is 0.548. The van der Waals surface area contributed by atoms with Crippen LogP contribution in [0, 0.1) is 16.7 Å². The van der Waals surface area contributed by atoms with Gasteiger partial charge in [0.2, 0.25) is 0 Å². The second-order valence-corrected chi connectivity index (χ2v) is 6.24. The lowest BCUT2D eigenvalue weighted by atomic mass is 9.96. The first-order valence-corrected chi connectivity index (χ1v) is 8.71. The molecule has 142 valence electrons. The third kappa shape index (κ3) is 4.34. The summed E-state index contributed by atoms with van der Waals surface area (Å²) in [5.41, 5.74) is 3.72. The van der Waals surface area contributed by atoms with Gasteiger partial charge < -0.3 is 16.0 Å². The van der Waals surface area contributed by atoms with Gasteiger partial charge in [-0.2, -0.15) is 5.26 Å². The van der Waals surface area contributed by atoms with E-state index in [0.29, 0.717) is 45.0 Å². The van der Waals surface area contributed by atoms with E-state index in [-0.39, 0.29) is 5.91 Å². The van der Waals surface area contributed by atoms with Crippen LogP contribution in [-0.4, -0.2) is 22.1 Å². The number of anilines is 3. The molecule has 0 unspecified atom stereocenters. The highest BCUT2D eigenvalue weighted by molar-refractivity contribution is 6.08. The minimum atomic E-state index is -0.351. The van der Waals surface area contributed by atoms with Gasteiger partial charge in [0.05, 0.1) is 17.3 Å². The van der Waals surface area contributed by atoms with Crippen molar-refractivity contribution in [1.82, 2.24) is 9.97 Å². The molecule has 0 bridgehead atoms. The maximum Gasteiger partial charge on any atom is 0.256 e. The normalized spacial score (nSPS) is 9.93. The Balaban J connectivity index is 1.92. The molecule has 7 nitrogen and oxygen atoms in total. The largest absolute Gasteiger partial charge is 0.340 e. The van der Waals surface area contributed by atoms with Gasteiger partial charge >= 0.3 is 0 Å². The fourth-order valence-electron chi connectivity index (χ4n) is 2.86. The summed E-state index contributed by atoms with van der Waals surface area (Å²) in [6.07, 6.45) is 4.23. The number of hydrogen-bond acceptors (Lipinski definition) is 6. The molecule has 3 rings (SSSR count). The van der Waals surface area contributed by atoms with Crippen molar-refractivity contribution < 1.29 is 4.79 Å². The molecule has 0 radical (unpaired) electrons. The molecule has 0 aliphatic heterocycles. The molecule has 0 saturated carbocycles. The molecule has 0 saturated heterocycles. The molecule has 0 aliphatic carbocycles. The van der Waals surface area contributed by atoms with E-state index in [0.717, 1.165) is 0 Å². The van der Waals surface area contributed by atoms with E-state index in [1.165, 1.54) is 12.5 Å². The van der Waals surface area contributed by atoms with E-state index in [1.807, 2.05) is 0 Å². The summed E-state index contributed by atoms with van der Waals surface area (Å²) in [5, 5.41) is 22.9. The van der Waals surface area contributed by atoms with Gasteiger partial charge in [0.15, 0.2) is 0 Å². The smallest absolute Gasteiger partial charge is 0.256 e. The monoisotopic (exact) mass is 382 g/mol. The van der Waals surface area contributed by atoms with Gasteiger partial charge in [-0.3, -0.25) is 4.79 Å². The molecule has 0 fully saturated rings. The zero-order valence-corrected chi connectivity index (χ0v) is 15.7. The molecule has 3 N–H and O–H groups in total. The van der Waals surface area contributed by atoms with Crippen LogP contribution in [-0.2, 0) is 0 Å². The van der Waals surface area contributed by atoms with Crippen LogP contribution >= 0.6 is 0 Å². The number of benzene rings is 2. The topological polar surface area (TPSA) is 115 Å². The molecular formula is C22H18N6O. The lowest BCUT2D eigenvalue weighted by molar-refractivity contribution is 0.102. The predicted molar refractivity (Wildman–Crippen MR) is 113 cm³/mol. The maximum atomic E-state index is 12.9. The van der Waals surface area contributed by atoms with Gasteiger partial charge in [-0.15, -0.1) is 0 Å². The fourth-order valence-corrected chi connectivity index (χ4v) is 2.86. The van der Waals surface area contributed by atoms with Crippen molar-refractivity contribution in [3.63, 3.8) is 0 Å². The summed E-state index contributed by atoms with van der Waals surface area (Å²) in [7, 11) is 0. The molecule has 7 heteroatoms. The minimum absolute atomic E-state index is 0.351. The first kappa shape index (κ1) is 19.5. The van der Waals surface area contributed by atoms with E-state index in [2.05, 4.69) is 33.2 Å². The Labute approximate surface area is 168 Å². The van der Waals surface area contributed by atoms with Gasteiger partial charge in [-0.25, -0.2) is 9.97 Å². The summed E-state index contributed by atoms with van der Waals surface area (Å²) >= 11 is 0. The zero-order valence-electron chi connectivity index (χ0n) is 15.7. The summed E-state index contributed by atoms with van der Waals surface area (Å²) in [6.45, 7) is 5.65. The molecule has 1 heterocycles. The van der Waals surface area contributed by atoms with E-state index >= 15 is 0 Å². The zero-order chi connectivity index (χ0) is 20.8. The van der Waals surface area contributed by atoms with Crippen LogP contribution in [0.4, 0.5) is 17.2 Å². The van der Waals surface area contributed by atoms with Crippen molar-refractivity contribution in [3.8, 4) is 6.07 Å². The average Bonchev–Trinajstić information content (AvgIpc) is 2.74. The third-order valence-electron chi connectivity index (χ3n) is 4.17. The highest BCUT2D eigenvalue weighted by Crippen LogP contribution is 2.26. The van der Waals surface area contributed by atoms with Crippen LogP contribution < -0.4 is 10.6 Å². The Bertz CT molecular complexity index is 1130. The van der Waals surface area contributed by atoms with Crippen LogP contribution in [0.15, 0.2) is 61.6 Å². The molecule has 2 aromatic carbocycles. The summed E-state index contributed by atoms with van der Waals surface area (Å²) in [5.74, 6) is 0.216. The third-order valence-corrected chi connectivity index (χ3v) is 4.17. The van der Waals surface area contributed by atoms with Crippen molar-refractivity contribution in [2.24, 2.45) is 0 Å². The number of carbonyl (C=O) groups excluding carboxylic acids is 1. The van der Waals surface area contributed by atoms with Crippen molar-refractivity contribution in [1.29, 1.82) is 10.7 Å². The summed E-state index contributed by atoms with van der Waals surface area (Å²) < 4.78 is 0. The second kappa shape index (κ2) is 8.59. The van der Waals surface area contributed by atoms with Crippen LogP contribution in [0.2, 0.25) is 0 Å². The van der Waals surface area contributed by atoms with Crippen LogP contribution in [0.3, 0.4) is 0 Å². The maximum absolute atomic E-state index is 12.9. The second-order valence-electron chi connectivity index (χ2n) is 6.24. The predicted octanol–water partition coefficient (Wildman–Crippen LogP) is 4.37. The van der Waals surface area contributed by atoms with Crippen LogP contribution in [0.1, 0.15) is 34.0 Å². The first-order valence-electron chi connectivity index (χ1n) is 8.71. The average molecular weight is 382 g/mol. The summed E-state index contributed by atoms with van der Waals surface area (Å²) in [4.78, 5) is 20.9. The van der Waals surface area contributed by atoms with Gasteiger partial charge in [0, 0.05) is 34.8 Å². The van der Waals surface area contributed by atoms with Gasteiger partial charge in [0.25, 0.3) is 5.91 Å². The Hall–Kier alpha value is -4.31. The molecule has 29 heavy (non-hydrogen) atoms. The van der Waals surface area contributed by atoms with E-state index in [4.69, 9.17) is 5.41 Å². The molecule has 0 spiro atoms. The van der Waals surface area contributed by atoms with Crippen molar-refractivity contribution in [3.05, 3.63) is 83.8 Å². The molecular weight excluding hydrogens is 364 g/mol. The Morgan fingerprint density at radius 2 is 2.10 bits per heavy atom. The highest BCUT2D eigenvalue weighted by atomic mass is 16.1. The number of aromatic nitrogens is 2. The van der Waals surface area contributed by atoms with Crippen molar-refractivity contribution >= 4 is 34.9 Å². The minimum Gasteiger partial charge on any atom is -0.340 e. The Kier molecular flexibility index (Phi) is 5.76. The lowest BCUT2D eigenvalue weighted by Gasteiger charge is -2.14. The van der Waals surface area contributed by atoms with E-state index in [9.17, 15) is 10.1 Å². The van der Waals surface area contributed by atoms with E-state index in [1.54, 1.807) is 55.6 Å². The highest BCUT2D eigenvalue weighted by Gasteiger charge is 2.16. The molecule has 0 atom stereocenters. The number of nitrogens with zero attached hydrogens (tertiary/aromatic N) is 3. The van der Waals surface area contributed by atoms with Gasteiger partial charge in [-0.05, 0) is 48.9 Å². The standard InChI is InChI=1S/C22H18N6O/c1-14(2)21-16(12-24)4-3-5-18(21)22(29)27-17-7-6-15(11-23)19(10-17)28-20-8-9-25-13-26-20/h3-11,13,23H,1H2,2H3,(H,27,29)(H,25,26,28). The van der Waals surface area contributed by atoms with Crippen LogP contribution in [0.25, 0.3) is 5.57 Å². The van der Waals surface area contributed by atoms with E-state index < -0.39 is 0 Å². The Morgan fingerprint density at radius 1 is 1.28 bits per heavy atom. The van der Waals surface area contributed by atoms with Crippen molar-refractivity contribution in [2.45, 2.75) is 6.92 Å². The number of rotatable bonds is 6. The SMILES string of the molecule is C=C(C)c1c(C#N)cccc1C(=O)Nc1ccc(C=N)c(Nc2ccncn2)c1. The first-order chi connectivity index (χ1) is 14.0. The number of amides is 1. The fraction of sp³-hybridized carbons (Fsp3) is 0.0455.